The number of hydrogen-bond acceptors (Lipinski definition) is 3. The molecule has 1 aliphatic carbocycles. The maximum atomic E-state index is 11.7. The van der Waals surface area contributed by atoms with E-state index in [1.807, 2.05) is 0 Å². The van der Waals surface area contributed by atoms with Gasteiger partial charge in [-0.3, -0.25) is 4.72 Å². The van der Waals surface area contributed by atoms with Gasteiger partial charge in [-0.1, -0.05) is 0 Å². The van der Waals surface area contributed by atoms with Crippen molar-refractivity contribution in [1.29, 1.82) is 0 Å². The first-order chi connectivity index (χ1) is 7.46. The molecule has 0 saturated heterocycles. The minimum Gasteiger partial charge on any atom is -0.398 e. The Kier molecular flexibility index (Phi) is 3.12. The van der Waals surface area contributed by atoms with Gasteiger partial charge in [-0.25, -0.2) is 8.42 Å². The molecule has 1 fully saturated rings. The summed E-state index contributed by atoms with van der Waals surface area (Å²) < 4.78 is 26.7. The van der Waals surface area contributed by atoms with Gasteiger partial charge in [0.1, 0.15) is 0 Å². The molecule has 16 heavy (non-hydrogen) atoms. The Balaban J connectivity index is 2.10. The van der Waals surface area contributed by atoms with Crippen LogP contribution in [0.4, 0.5) is 11.4 Å². The Morgan fingerprint density at radius 1 is 1.44 bits per heavy atom. The molecule has 1 aromatic carbocycles. The van der Waals surface area contributed by atoms with E-state index in [-0.39, 0.29) is 5.75 Å². The zero-order chi connectivity index (χ0) is 11.8. The zero-order valence-electron chi connectivity index (χ0n) is 8.61. The van der Waals surface area contributed by atoms with Crippen LogP contribution >= 0.6 is 15.9 Å². The van der Waals surface area contributed by atoms with E-state index in [2.05, 4.69) is 20.7 Å². The standard InChI is InChI=1S/C10H13BrN2O2S/c11-9-4-3-8(5-10(9)12)13-16(14,15)6-7-1-2-7/h3-5,7,13H,1-2,6,12H2. The summed E-state index contributed by atoms with van der Waals surface area (Å²) in [6.45, 7) is 0. The third kappa shape index (κ3) is 3.12. The van der Waals surface area contributed by atoms with Crippen molar-refractivity contribution in [3.63, 3.8) is 0 Å². The lowest BCUT2D eigenvalue weighted by molar-refractivity contribution is 0.597. The molecule has 1 saturated carbocycles. The van der Waals surface area contributed by atoms with Gasteiger partial charge in [-0.05, 0) is 52.9 Å². The molecule has 2 rings (SSSR count). The third-order valence-corrected chi connectivity index (χ3v) is 4.60. The van der Waals surface area contributed by atoms with Gasteiger partial charge < -0.3 is 5.73 Å². The molecule has 88 valence electrons. The highest BCUT2D eigenvalue weighted by molar-refractivity contribution is 9.10. The topological polar surface area (TPSA) is 72.2 Å². The molecular formula is C10H13BrN2O2S. The van der Waals surface area contributed by atoms with E-state index >= 15 is 0 Å². The van der Waals surface area contributed by atoms with Crippen LogP contribution in [0.25, 0.3) is 0 Å². The van der Waals surface area contributed by atoms with E-state index in [1.165, 1.54) is 0 Å². The summed E-state index contributed by atoms with van der Waals surface area (Å²) >= 11 is 3.26. The molecule has 0 bridgehead atoms. The van der Waals surface area contributed by atoms with Crippen molar-refractivity contribution in [2.75, 3.05) is 16.2 Å². The SMILES string of the molecule is Nc1cc(NS(=O)(=O)CC2CC2)ccc1Br. The maximum absolute atomic E-state index is 11.7. The molecule has 1 aromatic rings. The summed E-state index contributed by atoms with van der Waals surface area (Å²) in [7, 11) is -3.22. The van der Waals surface area contributed by atoms with Crippen molar-refractivity contribution in [3.8, 4) is 0 Å². The largest absolute Gasteiger partial charge is 0.398 e. The first-order valence-corrected chi connectivity index (χ1v) is 7.46. The normalized spacial score (nSPS) is 16.1. The lowest BCUT2D eigenvalue weighted by Crippen LogP contribution is -2.17. The Morgan fingerprint density at radius 2 is 2.12 bits per heavy atom. The fourth-order valence-electron chi connectivity index (χ4n) is 1.42. The summed E-state index contributed by atoms with van der Waals surface area (Å²) in [6.07, 6.45) is 2.03. The first kappa shape index (κ1) is 11.7. The van der Waals surface area contributed by atoms with Crippen molar-refractivity contribution < 1.29 is 8.42 Å². The van der Waals surface area contributed by atoms with Crippen LogP contribution in [-0.2, 0) is 10.0 Å². The number of hydrogen-bond donors (Lipinski definition) is 2. The molecular weight excluding hydrogens is 292 g/mol. The van der Waals surface area contributed by atoms with Gasteiger partial charge in [0.15, 0.2) is 0 Å². The van der Waals surface area contributed by atoms with Crippen LogP contribution in [0.1, 0.15) is 12.8 Å². The molecule has 0 amide bonds. The summed E-state index contributed by atoms with van der Waals surface area (Å²) in [5, 5.41) is 0. The highest BCUT2D eigenvalue weighted by Gasteiger charge is 2.27. The van der Waals surface area contributed by atoms with Gasteiger partial charge in [0.05, 0.1) is 11.4 Å². The maximum Gasteiger partial charge on any atom is 0.232 e. The lowest BCUT2D eigenvalue weighted by Gasteiger charge is -2.08. The number of nitrogens with two attached hydrogens (primary N) is 1. The highest BCUT2D eigenvalue weighted by Crippen LogP contribution is 2.31. The number of anilines is 2. The molecule has 0 aliphatic heterocycles. The number of rotatable bonds is 4. The minimum atomic E-state index is -3.22. The molecule has 0 aromatic heterocycles. The van der Waals surface area contributed by atoms with Crippen molar-refractivity contribution in [2.24, 2.45) is 5.92 Å². The van der Waals surface area contributed by atoms with E-state index in [4.69, 9.17) is 5.73 Å². The summed E-state index contributed by atoms with van der Waals surface area (Å²) in [5.41, 5.74) is 6.71. The highest BCUT2D eigenvalue weighted by atomic mass is 79.9. The predicted octanol–water partition coefficient (Wildman–Crippen LogP) is 2.18. The minimum absolute atomic E-state index is 0.211. The molecule has 0 heterocycles. The molecule has 4 nitrogen and oxygen atoms in total. The van der Waals surface area contributed by atoms with E-state index in [0.29, 0.717) is 17.3 Å². The second kappa shape index (κ2) is 4.25. The second-order valence-electron chi connectivity index (χ2n) is 4.06. The quantitative estimate of drug-likeness (QED) is 0.838. The van der Waals surface area contributed by atoms with Crippen LogP contribution in [0, 0.1) is 5.92 Å². The van der Waals surface area contributed by atoms with E-state index in [0.717, 1.165) is 17.3 Å². The molecule has 0 spiro atoms. The van der Waals surface area contributed by atoms with Crippen LogP contribution in [0.3, 0.4) is 0 Å². The predicted molar refractivity (Wildman–Crippen MR) is 68.7 cm³/mol. The van der Waals surface area contributed by atoms with Crippen molar-refractivity contribution in [1.82, 2.24) is 0 Å². The molecule has 6 heteroatoms. The van der Waals surface area contributed by atoms with Crippen LogP contribution in [0.5, 0.6) is 0 Å². The first-order valence-electron chi connectivity index (χ1n) is 5.02. The zero-order valence-corrected chi connectivity index (χ0v) is 11.0. The number of halogens is 1. The Hall–Kier alpha value is -0.750. The molecule has 1 aliphatic rings. The van der Waals surface area contributed by atoms with Gasteiger partial charge in [0.25, 0.3) is 0 Å². The molecule has 0 atom stereocenters. The Bertz CT molecular complexity index is 498. The Labute approximate surface area is 103 Å². The van der Waals surface area contributed by atoms with Gasteiger partial charge in [0.2, 0.25) is 10.0 Å². The molecule has 0 unspecified atom stereocenters. The number of nitrogens with one attached hydrogen (secondary N) is 1. The van der Waals surface area contributed by atoms with Gasteiger partial charge >= 0.3 is 0 Å². The van der Waals surface area contributed by atoms with Crippen molar-refractivity contribution in [2.45, 2.75) is 12.8 Å². The van der Waals surface area contributed by atoms with E-state index in [1.54, 1.807) is 18.2 Å². The van der Waals surface area contributed by atoms with Crippen LogP contribution in [-0.4, -0.2) is 14.2 Å². The van der Waals surface area contributed by atoms with Crippen LogP contribution in [0.2, 0.25) is 0 Å². The average molecular weight is 305 g/mol. The van der Waals surface area contributed by atoms with Crippen molar-refractivity contribution in [3.05, 3.63) is 22.7 Å². The Morgan fingerprint density at radius 3 is 2.69 bits per heavy atom. The van der Waals surface area contributed by atoms with E-state index < -0.39 is 10.0 Å². The number of benzene rings is 1. The fraction of sp³-hybridized carbons (Fsp3) is 0.400. The van der Waals surface area contributed by atoms with Crippen molar-refractivity contribution >= 4 is 37.3 Å². The second-order valence-corrected chi connectivity index (χ2v) is 6.68. The summed E-state index contributed by atoms with van der Waals surface area (Å²) in [4.78, 5) is 0. The molecule has 3 N–H and O–H groups in total. The summed E-state index contributed by atoms with van der Waals surface area (Å²) in [5.74, 6) is 0.550. The van der Waals surface area contributed by atoms with E-state index in [9.17, 15) is 8.42 Å². The van der Waals surface area contributed by atoms with Gasteiger partial charge in [-0.15, -0.1) is 0 Å². The van der Waals surface area contributed by atoms with Crippen LogP contribution in [0.15, 0.2) is 22.7 Å². The van der Waals surface area contributed by atoms with Gasteiger partial charge in [-0.2, -0.15) is 0 Å². The number of nitrogen functional groups attached to an aromatic ring is 1. The third-order valence-electron chi connectivity index (χ3n) is 2.42. The average Bonchev–Trinajstić information content (AvgIpc) is 2.94. The summed E-state index contributed by atoms with van der Waals surface area (Å²) in [6, 6.07) is 5.02. The number of sulfonamides is 1. The smallest absolute Gasteiger partial charge is 0.232 e. The fourth-order valence-corrected chi connectivity index (χ4v) is 3.19. The van der Waals surface area contributed by atoms with Gasteiger partial charge in [0, 0.05) is 10.2 Å². The molecule has 0 radical (unpaired) electrons. The lowest BCUT2D eigenvalue weighted by atomic mass is 10.3. The monoisotopic (exact) mass is 304 g/mol. The van der Waals surface area contributed by atoms with Crippen LogP contribution < -0.4 is 10.5 Å².